The van der Waals surface area contributed by atoms with E-state index in [-0.39, 0.29) is 5.75 Å². The molecule has 0 amide bonds. The van der Waals surface area contributed by atoms with Gasteiger partial charge in [0.25, 0.3) is 0 Å². The number of rotatable bonds is 2. The summed E-state index contributed by atoms with van der Waals surface area (Å²) in [7, 11) is 0. The van der Waals surface area contributed by atoms with Gasteiger partial charge in [-0.25, -0.2) is 4.98 Å². The number of hydrogen-bond acceptors (Lipinski definition) is 3. The van der Waals surface area contributed by atoms with Gasteiger partial charge in [0, 0.05) is 0 Å². The SMILES string of the molecule is Oc1ccc(-c2cnc(C3CCCN3)[nH]2)cc1. The number of aromatic nitrogens is 2. The monoisotopic (exact) mass is 229 g/mol. The summed E-state index contributed by atoms with van der Waals surface area (Å²) in [4.78, 5) is 7.75. The second-order valence-corrected chi connectivity index (χ2v) is 4.38. The quantitative estimate of drug-likeness (QED) is 0.740. The Kier molecular flexibility index (Phi) is 2.57. The molecule has 17 heavy (non-hydrogen) atoms. The number of nitrogens with one attached hydrogen (secondary N) is 2. The van der Waals surface area contributed by atoms with Gasteiger partial charge in [-0.2, -0.15) is 0 Å². The molecule has 1 aliphatic heterocycles. The minimum absolute atomic E-state index is 0.283. The predicted octanol–water partition coefficient (Wildman–Crippen LogP) is 2.21. The standard InChI is InChI=1S/C13H15N3O/c17-10-5-3-9(4-6-10)12-8-15-13(16-12)11-2-1-7-14-11/h3-6,8,11,14,17H,1-2,7H2,(H,15,16). The number of phenolic OH excluding ortho intramolecular Hbond substituents is 1. The van der Waals surface area contributed by atoms with Crippen LogP contribution in [0.5, 0.6) is 5.75 Å². The van der Waals surface area contributed by atoms with E-state index in [0.29, 0.717) is 6.04 Å². The maximum Gasteiger partial charge on any atom is 0.123 e. The minimum Gasteiger partial charge on any atom is -0.508 e. The Bertz CT molecular complexity index is 498. The maximum absolute atomic E-state index is 9.25. The Labute approximate surface area is 99.7 Å². The molecular formula is C13H15N3O. The fraction of sp³-hybridized carbons (Fsp3) is 0.308. The summed E-state index contributed by atoms with van der Waals surface area (Å²) in [5.74, 6) is 1.29. The number of imidazole rings is 1. The molecule has 1 saturated heterocycles. The molecule has 2 aromatic rings. The highest BCUT2D eigenvalue weighted by Gasteiger charge is 2.19. The molecule has 1 unspecified atom stereocenters. The third-order valence-electron chi connectivity index (χ3n) is 3.16. The van der Waals surface area contributed by atoms with E-state index in [1.807, 2.05) is 18.3 Å². The van der Waals surface area contributed by atoms with Crippen LogP contribution in [-0.4, -0.2) is 21.6 Å². The number of hydrogen-bond donors (Lipinski definition) is 3. The van der Waals surface area contributed by atoms with E-state index in [2.05, 4.69) is 15.3 Å². The van der Waals surface area contributed by atoms with E-state index < -0.39 is 0 Å². The lowest BCUT2D eigenvalue weighted by Gasteiger charge is -2.05. The highest BCUT2D eigenvalue weighted by molar-refractivity contribution is 5.59. The van der Waals surface area contributed by atoms with Crippen molar-refractivity contribution in [1.29, 1.82) is 0 Å². The molecule has 0 saturated carbocycles. The Balaban J connectivity index is 1.86. The second kappa shape index (κ2) is 4.22. The van der Waals surface area contributed by atoms with Crippen LogP contribution in [0.3, 0.4) is 0 Å². The van der Waals surface area contributed by atoms with Crippen LogP contribution in [-0.2, 0) is 0 Å². The first-order valence-corrected chi connectivity index (χ1v) is 5.90. The predicted molar refractivity (Wildman–Crippen MR) is 65.7 cm³/mol. The van der Waals surface area contributed by atoms with Crippen LogP contribution in [0.1, 0.15) is 24.7 Å². The van der Waals surface area contributed by atoms with E-state index in [1.54, 1.807) is 12.1 Å². The van der Waals surface area contributed by atoms with Crippen molar-refractivity contribution in [2.75, 3.05) is 6.54 Å². The van der Waals surface area contributed by atoms with Crippen LogP contribution in [0.15, 0.2) is 30.5 Å². The lowest BCUT2D eigenvalue weighted by molar-refractivity contribution is 0.475. The summed E-state index contributed by atoms with van der Waals surface area (Å²) in [5, 5.41) is 12.7. The van der Waals surface area contributed by atoms with E-state index in [9.17, 15) is 5.11 Å². The molecule has 0 bridgehead atoms. The van der Waals surface area contributed by atoms with Gasteiger partial charge in [0.1, 0.15) is 11.6 Å². The molecule has 1 aromatic carbocycles. The van der Waals surface area contributed by atoms with Gasteiger partial charge < -0.3 is 15.4 Å². The van der Waals surface area contributed by atoms with Crippen molar-refractivity contribution in [2.24, 2.45) is 0 Å². The zero-order valence-corrected chi connectivity index (χ0v) is 9.48. The number of nitrogens with zero attached hydrogens (tertiary/aromatic N) is 1. The van der Waals surface area contributed by atoms with Crippen LogP contribution >= 0.6 is 0 Å². The van der Waals surface area contributed by atoms with Gasteiger partial charge in [0.05, 0.1) is 17.9 Å². The number of H-pyrrole nitrogens is 1. The van der Waals surface area contributed by atoms with Crippen LogP contribution in [0, 0.1) is 0 Å². The van der Waals surface area contributed by atoms with Crippen LogP contribution < -0.4 is 5.32 Å². The Morgan fingerprint density at radius 1 is 1.24 bits per heavy atom. The summed E-state index contributed by atoms with van der Waals surface area (Å²) in [6, 6.07) is 7.50. The van der Waals surface area contributed by atoms with Crippen LogP contribution in [0.4, 0.5) is 0 Å². The molecular weight excluding hydrogens is 214 g/mol. The molecule has 4 heteroatoms. The van der Waals surface area contributed by atoms with E-state index in [4.69, 9.17) is 0 Å². The Morgan fingerprint density at radius 2 is 2.06 bits per heavy atom. The molecule has 4 nitrogen and oxygen atoms in total. The molecule has 0 spiro atoms. The summed E-state index contributed by atoms with van der Waals surface area (Å²) in [5.41, 5.74) is 2.04. The van der Waals surface area contributed by atoms with E-state index >= 15 is 0 Å². The molecule has 1 aliphatic rings. The van der Waals surface area contributed by atoms with Gasteiger partial charge in [-0.05, 0) is 49.2 Å². The number of phenols is 1. The van der Waals surface area contributed by atoms with Gasteiger partial charge in [-0.1, -0.05) is 0 Å². The summed E-state index contributed by atoms with van der Waals surface area (Å²) in [6.45, 7) is 1.07. The molecule has 1 fully saturated rings. The van der Waals surface area contributed by atoms with Crippen molar-refractivity contribution in [3.63, 3.8) is 0 Å². The zero-order chi connectivity index (χ0) is 11.7. The number of aromatic amines is 1. The first-order valence-electron chi connectivity index (χ1n) is 5.90. The summed E-state index contributed by atoms with van der Waals surface area (Å²) >= 11 is 0. The van der Waals surface area contributed by atoms with Crippen LogP contribution in [0.25, 0.3) is 11.3 Å². The van der Waals surface area contributed by atoms with Gasteiger partial charge in [-0.15, -0.1) is 0 Å². The summed E-state index contributed by atoms with van der Waals surface area (Å²) < 4.78 is 0. The van der Waals surface area contributed by atoms with Crippen molar-refractivity contribution < 1.29 is 5.11 Å². The van der Waals surface area contributed by atoms with Gasteiger partial charge in [-0.3, -0.25) is 0 Å². The van der Waals surface area contributed by atoms with Crippen molar-refractivity contribution >= 4 is 0 Å². The van der Waals surface area contributed by atoms with Crippen molar-refractivity contribution in [2.45, 2.75) is 18.9 Å². The first kappa shape index (κ1) is 10.4. The molecule has 1 atom stereocenters. The Morgan fingerprint density at radius 3 is 2.76 bits per heavy atom. The van der Waals surface area contributed by atoms with Gasteiger partial charge >= 0.3 is 0 Å². The number of benzene rings is 1. The fourth-order valence-electron chi connectivity index (χ4n) is 2.22. The average molecular weight is 229 g/mol. The van der Waals surface area contributed by atoms with Crippen molar-refractivity contribution in [1.82, 2.24) is 15.3 Å². The van der Waals surface area contributed by atoms with E-state index in [0.717, 1.165) is 30.0 Å². The van der Waals surface area contributed by atoms with Crippen molar-refractivity contribution in [3.05, 3.63) is 36.3 Å². The smallest absolute Gasteiger partial charge is 0.123 e. The lowest BCUT2D eigenvalue weighted by atomic mass is 10.1. The second-order valence-electron chi connectivity index (χ2n) is 4.38. The van der Waals surface area contributed by atoms with Gasteiger partial charge in [0.2, 0.25) is 0 Å². The topological polar surface area (TPSA) is 60.9 Å². The highest BCUT2D eigenvalue weighted by Crippen LogP contribution is 2.24. The Hall–Kier alpha value is -1.81. The molecule has 0 radical (unpaired) electrons. The molecule has 3 N–H and O–H groups in total. The maximum atomic E-state index is 9.25. The van der Waals surface area contributed by atoms with Crippen LogP contribution in [0.2, 0.25) is 0 Å². The molecule has 0 aliphatic carbocycles. The molecule has 2 heterocycles. The largest absolute Gasteiger partial charge is 0.508 e. The molecule has 88 valence electrons. The van der Waals surface area contributed by atoms with Gasteiger partial charge in [0.15, 0.2) is 0 Å². The normalized spacial score (nSPS) is 19.6. The third kappa shape index (κ3) is 2.03. The lowest BCUT2D eigenvalue weighted by Crippen LogP contribution is -2.14. The average Bonchev–Trinajstić information content (AvgIpc) is 3.00. The van der Waals surface area contributed by atoms with Crippen molar-refractivity contribution in [3.8, 4) is 17.0 Å². The summed E-state index contributed by atoms with van der Waals surface area (Å²) in [6.07, 6.45) is 4.20. The molecule has 3 rings (SSSR count). The molecule has 1 aromatic heterocycles. The highest BCUT2D eigenvalue weighted by atomic mass is 16.3. The van der Waals surface area contributed by atoms with E-state index in [1.165, 1.54) is 6.42 Å². The number of aromatic hydroxyl groups is 1. The third-order valence-corrected chi connectivity index (χ3v) is 3.16. The zero-order valence-electron chi connectivity index (χ0n) is 9.48. The fourth-order valence-corrected chi connectivity index (χ4v) is 2.22. The minimum atomic E-state index is 0.283. The first-order chi connectivity index (χ1) is 8.33.